The largest absolute Gasteiger partial charge is 0.326 e. The Morgan fingerprint density at radius 1 is 1.24 bits per heavy atom. The third-order valence-corrected chi connectivity index (χ3v) is 6.07. The van der Waals surface area contributed by atoms with E-state index in [9.17, 15) is 9.59 Å². The van der Waals surface area contributed by atoms with Gasteiger partial charge in [-0.1, -0.05) is 72.8 Å². The molecule has 1 aliphatic rings. The summed E-state index contributed by atoms with van der Waals surface area (Å²) in [7, 11) is 0. The van der Waals surface area contributed by atoms with Crippen LogP contribution < -0.4 is 5.32 Å². The van der Waals surface area contributed by atoms with Crippen molar-refractivity contribution in [3.63, 3.8) is 0 Å². The summed E-state index contributed by atoms with van der Waals surface area (Å²) in [6.07, 6.45) is 3.66. The predicted molar refractivity (Wildman–Crippen MR) is 125 cm³/mol. The molecule has 2 amide bonds. The number of rotatable bonds is 7. The van der Waals surface area contributed by atoms with Crippen molar-refractivity contribution in [2.75, 3.05) is 11.9 Å². The topological polar surface area (TPSA) is 49.4 Å². The number of amides is 2. The Balaban J connectivity index is 1.53. The quantitative estimate of drug-likeness (QED) is 0.451. The van der Waals surface area contributed by atoms with Crippen LogP contribution in [0.2, 0.25) is 5.02 Å². The lowest BCUT2D eigenvalue weighted by Crippen LogP contribution is -2.29. The first-order chi connectivity index (χ1) is 14.0. The van der Waals surface area contributed by atoms with Crippen molar-refractivity contribution in [1.29, 1.82) is 0 Å². The lowest BCUT2D eigenvalue weighted by Gasteiger charge is -2.14. The minimum atomic E-state index is -0.121. The van der Waals surface area contributed by atoms with E-state index >= 15 is 0 Å². The van der Waals surface area contributed by atoms with E-state index in [0.29, 0.717) is 39.3 Å². The average Bonchev–Trinajstić information content (AvgIpc) is 2.96. The fourth-order valence-electron chi connectivity index (χ4n) is 2.88. The van der Waals surface area contributed by atoms with Crippen LogP contribution in [-0.4, -0.2) is 27.6 Å². The van der Waals surface area contributed by atoms with Crippen molar-refractivity contribution in [3.05, 3.63) is 69.6 Å². The number of carbonyl (C=O) groups is 2. The molecule has 0 atom stereocenters. The van der Waals surface area contributed by atoms with Crippen molar-refractivity contribution in [2.45, 2.75) is 26.2 Å². The van der Waals surface area contributed by atoms with Crippen molar-refractivity contribution < 1.29 is 9.59 Å². The number of nitrogens with one attached hydrogen (secondary N) is 1. The van der Waals surface area contributed by atoms with E-state index in [-0.39, 0.29) is 11.8 Å². The monoisotopic (exact) mass is 444 g/mol. The number of aryl methyl sites for hydroxylation is 1. The summed E-state index contributed by atoms with van der Waals surface area (Å²) >= 11 is 12.6. The molecule has 0 spiro atoms. The normalized spacial score (nSPS) is 15.2. The Hall–Kier alpha value is -2.15. The molecule has 0 aliphatic carbocycles. The van der Waals surface area contributed by atoms with Crippen LogP contribution >= 0.6 is 35.6 Å². The molecule has 1 heterocycles. The number of halogens is 1. The zero-order valence-corrected chi connectivity index (χ0v) is 18.4. The van der Waals surface area contributed by atoms with Gasteiger partial charge in [-0.05, 0) is 48.2 Å². The van der Waals surface area contributed by atoms with Gasteiger partial charge in [-0.15, -0.1) is 0 Å². The lowest BCUT2D eigenvalue weighted by molar-refractivity contribution is -0.122. The summed E-state index contributed by atoms with van der Waals surface area (Å²) in [6.45, 7) is 2.52. The van der Waals surface area contributed by atoms with Crippen LogP contribution in [0.15, 0.2) is 53.4 Å². The van der Waals surface area contributed by atoms with Gasteiger partial charge in [-0.2, -0.15) is 0 Å². The molecule has 7 heteroatoms. The fourth-order valence-corrected chi connectivity index (χ4v) is 4.38. The molecule has 150 valence electrons. The van der Waals surface area contributed by atoms with Gasteiger partial charge < -0.3 is 5.32 Å². The van der Waals surface area contributed by atoms with Gasteiger partial charge in [0.2, 0.25) is 5.91 Å². The number of thioether (sulfide) groups is 1. The summed E-state index contributed by atoms with van der Waals surface area (Å²) in [5.41, 5.74) is 2.89. The van der Waals surface area contributed by atoms with E-state index in [2.05, 4.69) is 24.4 Å². The molecule has 1 fully saturated rings. The van der Waals surface area contributed by atoms with Gasteiger partial charge in [0.05, 0.1) is 4.91 Å². The zero-order valence-electron chi connectivity index (χ0n) is 16.0. The Morgan fingerprint density at radius 3 is 2.69 bits per heavy atom. The Kier molecular flexibility index (Phi) is 7.47. The van der Waals surface area contributed by atoms with Gasteiger partial charge in [0.25, 0.3) is 5.91 Å². The van der Waals surface area contributed by atoms with Crippen LogP contribution in [0.5, 0.6) is 0 Å². The minimum Gasteiger partial charge on any atom is -0.326 e. The highest BCUT2D eigenvalue weighted by atomic mass is 35.5. The highest BCUT2D eigenvalue weighted by molar-refractivity contribution is 8.26. The first-order valence-corrected chi connectivity index (χ1v) is 11.0. The predicted octanol–water partition coefficient (Wildman–Crippen LogP) is 5.52. The SMILES string of the molecule is CCc1ccc(/C=C2\SC(=S)N(CCCC(=O)Nc3cccc(Cl)c3)C2=O)cc1. The van der Waals surface area contributed by atoms with E-state index in [1.54, 1.807) is 29.2 Å². The third kappa shape index (κ3) is 5.92. The molecule has 4 nitrogen and oxygen atoms in total. The summed E-state index contributed by atoms with van der Waals surface area (Å²) in [4.78, 5) is 27.0. The van der Waals surface area contributed by atoms with Crippen LogP contribution in [0.4, 0.5) is 5.69 Å². The maximum absolute atomic E-state index is 12.7. The van der Waals surface area contributed by atoms with Crippen molar-refractivity contribution in [1.82, 2.24) is 4.90 Å². The summed E-state index contributed by atoms with van der Waals surface area (Å²) in [5.74, 6) is -0.223. The molecule has 3 rings (SSSR count). The number of hydrogen-bond donors (Lipinski definition) is 1. The number of carbonyl (C=O) groups excluding carboxylic acids is 2. The number of benzene rings is 2. The molecular formula is C22H21ClN2O2S2. The molecule has 0 aromatic heterocycles. The molecule has 0 bridgehead atoms. The second kappa shape index (κ2) is 10.1. The lowest BCUT2D eigenvalue weighted by atomic mass is 10.1. The van der Waals surface area contributed by atoms with Gasteiger partial charge in [-0.25, -0.2) is 0 Å². The van der Waals surface area contributed by atoms with Crippen LogP contribution in [0.1, 0.15) is 30.9 Å². The minimum absolute atomic E-state index is 0.102. The molecule has 0 unspecified atom stereocenters. The first kappa shape index (κ1) is 21.6. The van der Waals surface area contributed by atoms with E-state index < -0.39 is 0 Å². The molecule has 29 heavy (non-hydrogen) atoms. The van der Waals surface area contributed by atoms with Gasteiger partial charge in [-0.3, -0.25) is 14.5 Å². The molecule has 1 aliphatic heterocycles. The van der Waals surface area contributed by atoms with E-state index in [0.717, 1.165) is 12.0 Å². The van der Waals surface area contributed by atoms with E-state index in [1.165, 1.54) is 17.3 Å². The molecule has 0 saturated carbocycles. The average molecular weight is 445 g/mol. The molecule has 1 saturated heterocycles. The fraction of sp³-hybridized carbons (Fsp3) is 0.227. The Bertz CT molecular complexity index is 958. The smallest absolute Gasteiger partial charge is 0.266 e. The van der Waals surface area contributed by atoms with Gasteiger partial charge in [0, 0.05) is 23.7 Å². The molecule has 0 radical (unpaired) electrons. The molecule has 1 N–H and O–H groups in total. The highest BCUT2D eigenvalue weighted by Crippen LogP contribution is 2.32. The van der Waals surface area contributed by atoms with E-state index in [4.69, 9.17) is 23.8 Å². The molecular weight excluding hydrogens is 424 g/mol. The Morgan fingerprint density at radius 2 is 2.00 bits per heavy atom. The van der Waals surface area contributed by atoms with Crippen LogP contribution in [0.25, 0.3) is 6.08 Å². The van der Waals surface area contributed by atoms with Crippen LogP contribution in [0, 0.1) is 0 Å². The molecule has 2 aromatic rings. The number of nitrogens with zero attached hydrogens (tertiary/aromatic N) is 1. The zero-order chi connectivity index (χ0) is 20.8. The highest BCUT2D eigenvalue weighted by Gasteiger charge is 2.31. The van der Waals surface area contributed by atoms with Gasteiger partial charge in [0.1, 0.15) is 4.32 Å². The van der Waals surface area contributed by atoms with Crippen molar-refractivity contribution in [3.8, 4) is 0 Å². The molecule has 2 aromatic carbocycles. The van der Waals surface area contributed by atoms with Crippen LogP contribution in [-0.2, 0) is 16.0 Å². The van der Waals surface area contributed by atoms with Gasteiger partial charge in [0.15, 0.2) is 0 Å². The maximum Gasteiger partial charge on any atom is 0.266 e. The van der Waals surface area contributed by atoms with Crippen molar-refractivity contribution in [2.24, 2.45) is 0 Å². The number of anilines is 1. The standard InChI is InChI=1S/C22H21ClN2O2S2/c1-2-15-8-10-16(11-9-15)13-19-21(27)25(22(28)29-19)12-4-7-20(26)24-18-6-3-5-17(23)14-18/h3,5-6,8-11,13-14H,2,4,7,12H2,1H3,(H,24,26)/b19-13-. The summed E-state index contributed by atoms with van der Waals surface area (Å²) < 4.78 is 0.529. The summed E-state index contributed by atoms with van der Waals surface area (Å²) in [6, 6.07) is 15.1. The summed E-state index contributed by atoms with van der Waals surface area (Å²) in [5, 5.41) is 3.37. The van der Waals surface area contributed by atoms with E-state index in [1.807, 2.05) is 18.2 Å². The Labute approximate surface area is 185 Å². The second-order valence-corrected chi connectivity index (χ2v) is 8.70. The first-order valence-electron chi connectivity index (χ1n) is 9.36. The maximum atomic E-state index is 12.7. The van der Waals surface area contributed by atoms with Gasteiger partial charge >= 0.3 is 0 Å². The number of hydrogen-bond acceptors (Lipinski definition) is 4. The number of thiocarbonyl (C=S) groups is 1. The van der Waals surface area contributed by atoms with Crippen LogP contribution in [0.3, 0.4) is 0 Å². The third-order valence-electron chi connectivity index (χ3n) is 4.45. The second-order valence-electron chi connectivity index (χ2n) is 6.59. The van der Waals surface area contributed by atoms with Crippen molar-refractivity contribution >= 4 is 63.5 Å².